The second-order valence-corrected chi connectivity index (χ2v) is 13.9. The van der Waals surface area contributed by atoms with Crippen molar-refractivity contribution < 1.29 is 36.9 Å². The fourth-order valence-corrected chi connectivity index (χ4v) is 6.49. The van der Waals surface area contributed by atoms with Crippen LogP contribution in [-0.2, 0) is 31.1 Å². The standard InChI is InChI=1S/C39H47F3N6O5/c1-24-19-26(20-30(44-24)36(41)42)34-35(25-13-15-27(40)16-14-25)46-38(43)47-37(34)53-21-28-9-8-10-31(45-28)39(2,3)48-29(22-51-32-11-4-6-17-49-32)23-52-33-12-5-7-18-50-33/h8-10,13-16,19-20,29,32-33,36,48H,4-7,11-12,17-18,21-23H2,1-3H3,(H2,43,46,47). The van der Waals surface area contributed by atoms with Crippen LogP contribution in [-0.4, -0.2) is 65.0 Å². The van der Waals surface area contributed by atoms with Crippen LogP contribution in [0.2, 0.25) is 0 Å². The van der Waals surface area contributed by atoms with Crippen molar-refractivity contribution in [3.05, 3.63) is 83.2 Å². The number of anilines is 1. The third kappa shape index (κ3) is 10.5. The minimum absolute atomic E-state index is 0.0321. The molecule has 3 N–H and O–H groups in total. The molecular weight excluding hydrogens is 689 g/mol. The third-order valence-corrected chi connectivity index (χ3v) is 9.11. The summed E-state index contributed by atoms with van der Waals surface area (Å²) in [5, 5.41) is 3.68. The molecule has 2 unspecified atom stereocenters. The number of aryl methyl sites for hydroxylation is 1. The fourth-order valence-electron chi connectivity index (χ4n) is 6.49. The molecule has 284 valence electrons. The number of nitrogens with zero attached hydrogens (tertiary/aromatic N) is 4. The van der Waals surface area contributed by atoms with Crippen LogP contribution in [0.3, 0.4) is 0 Å². The molecule has 0 spiro atoms. The molecule has 0 saturated carbocycles. The SMILES string of the molecule is Cc1cc(-c2c(OCc3cccc(C(C)(C)NC(COC4CCCCO4)COC4CCCCO4)n3)nc(N)nc2-c2ccc(F)cc2)cc(C(F)F)n1. The first kappa shape index (κ1) is 38.5. The Morgan fingerprint density at radius 2 is 1.55 bits per heavy atom. The molecule has 0 radical (unpaired) electrons. The maximum absolute atomic E-state index is 13.9. The van der Waals surface area contributed by atoms with Crippen LogP contribution in [0.5, 0.6) is 5.88 Å². The van der Waals surface area contributed by atoms with E-state index in [2.05, 4.69) is 20.3 Å². The predicted molar refractivity (Wildman–Crippen MR) is 192 cm³/mol. The molecule has 0 bridgehead atoms. The van der Waals surface area contributed by atoms with E-state index >= 15 is 0 Å². The topological polar surface area (TPSA) is 136 Å². The number of halogens is 3. The van der Waals surface area contributed by atoms with Crippen molar-refractivity contribution in [1.82, 2.24) is 25.3 Å². The van der Waals surface area contributed by atoms with Gasteiger partial charge in [0.15, 0.2) is 12.6 Å². The maximum Gasteiger partial charge on any atom is 0.280 e. The zero-order valence-electron chi connectivity index (χ0n) is 30.3. The Morgan fingerprint density at radius 3 is 2.17 bits per heavy atom. The molecule has 5 heterocycles. The fraction of sp³-hybridized carbons (Fsp3) is 0.487. The first-order valence-corrected chi connectivity index (χ1v) is 18.1. The van der Waals surface area contributed by atoms with Gasteiger partial charge in [0.05, 0.1) is 47.4 Å². The van der Waals surface area contributed by atoms with Crippen molar-refractivity contribution >= 4 is 5.95 Å². The highest BCUT2D eigenvalue weighted by molar-refractivity contribution is 5.85. The van der Waals surface area contributed by atoms with E-state index in [1.807, 2.05) is 32.0 Å². The number of nitrogens with two attached hydrogens (primary N) is 1. The van der Waals surface area contributed by atoms with Gasteiger partial charge in [-0.25, -0.2) is 18.2 Å². The summed E-state index contributed by atoms with van der Waals surface area (Å²) in [6.45, 7) is 7.78. The van der Waals surface area contributed by atoms with Crippen molar-refractivity contribution in [3.8, 4) is 28.3 Å². The lowest BCUT2D eigenvalue weighted by molar-refractivity contribution is -0.186. The Labute approximate surface area is 307 Å². The number of benzene rings is 1. The monoisotopic (exact) mass is 736 g/mol. The van der Waals surface area contributed by atoms with Crippen molar-refractivity contribution in [2.24, 2.45) is 0 Å². The van der Waals surface area contributed by atoms with Gasteiger partial charge in [0.1, 0.15) is 18.1 Å². The first-order valence-electron chi connectivity index (χ1n) is 18.1. The molecule has 14 heteroatoms. The van der Waals surface area contributed by atoms with Crippen molar-refractivity contribution in [2.75, 3.05) is 32.2 Å². The molecule has 2 saturated heterocycles. The van der Waals surface area contributed by atoms with Gasteiger partial charge in [-0.15, -0.1) is 0 Å². The Kier molecular flexibility index (Phi) is 12.9. The molecule has 2 aliphatic rings. The van der Waals surface area contributed by atoms with Crippen LogP contribution in [0, 0.1) is 12.7 Å². The van der Waals surface area contributed by atoms with Crippen molar-refractivity contribution in [3.63, 3.8) is 0 Å². The maximum atomic E-state index is 13.9. The number of nitrogen functional groups attached to an aromatic ring is 1. The molecule has 0 aliphatic carbocycles. The van der Waals surface area contributed by atoms with Gasteiger partial charge in [-0.05, 0) is 113 Å². The predicted octanol–water partition coefficient (Wildman–Crippen LogP) is 7.43. The number of alkyl halides is 2. The molecule has 2 fully saturated rings. The molecule has 4 aromatic rings. The molecule has 6 rings (SSSR count). The molecular formula is C39H47F3N6O5. The molecule has 3 aromatic heterocycles. The largest absolute Gasteiger partial charge is 0.471 e. The molecule has 11 nitrogen and oxygen atoms in total. The lowest BCUT2D eigenvalue weighted by Gasteiger charge is -2.34. The van der Waals surface area contributed by atoms with E-state index in [1.54, 1.807) is 13.0 Å². The molecule has 2 aliphatic heterocycles. The van der Waals surface area contributed by atoms with E-state index < -0.39 is 23.5 Å². The zero-order valence-corrected chi connectivity index (χ0v) is 30.3. The van der Waals surface area contributed by atoms with Gasteiger partial charge in [-0.3, -0.25) is 15.3 Å². The van der Waals surface area contributed by atoms with Gasteiger partial charge in [0.25, 0.3) is 6.43 Å². The van der Waals surface area contributed by atoms with Crippen LogP contribution in [0.15, 0.2) is 54.6 Å². The molecule has 53 heavy (non-hydrogen) atoms. The zero-order chi connectivity index (χ0) is 37.4. The van der Waals surface area contributed by atoms with E-state index in [4.69, 9.17) is 34.4 Å². The third-order valence-electron chi connectivity index (χ3n) is 9.11. The van der Waals surface area contributed by atoms with E-state index in [1.165, 1.54) is 30.3 Å². The van der Waals surface area contributed by atoms with E-state index in [0.717, 1.165) is 44.2 Å². The Morgan fingerprint density at radius 1 is 0.868 bits per heavy atom. The average Bonchev–Trinajstić information content (AvgIpc) is 3.15. The number of ether oxygens (including phenoxy) is 5. The minimum Gasteiger partial charge on any atom is -0.471 e. The van der Waals surface area contributed by atoms with Crippen molar-refractivity contribution in [1.29, 1.82) is 0 Å². The summed E-state index contributed by atoms with van der Waals surface area (Å²) in [6, 6.07) is 14.0. The Bertz CT molecular complexity index is 1780. The number of rotatable bonds is 15. The normalized spacial score (nSPS) is 18.6. The van der Waals surface area contributed by atoms with Gasteiger partial charge in [0, 0.05) is 24.5 Å². The summed E-state index contributed by atoms with van der Waals surface area (Å²) < 4.78 is 71.9. The second kappa shape index (κ2) is 17.7. The number of pyridine rings is 2. The second-order valence-electron chi connectivity index (χ2n) is 13.9. The molecule has 1 aromatic carbocycles. The average molecular weight is 737 g/mol. The summed E-state index contributed by atoms with van der Waals surface area (Å²) in [4.78, 5) is 17.7. The van der Waals surface area contributed by atoms with Crippen LogP contribution < -0.4 is 15.8 Å². The number of hydrogen-bond donors (Lipinski definition) is 2. The highest BCUT2D eigenvalue weighted by atomic mass is 19.3. The van der Waals surface area contributed by atoms with Crippen LogP contribution in [0.4, 0.5) is 19.1 Å². The van der Waals surface area contributed by atoms with E-state index in [0.29, 0.717) is 54.5 Å². The van der Waals surface area contributed by atoms with Gasteiger partial charge in [-0.1, -0.05) is 6.07 Å². The minimum atomic E-state index is -2.81. The number of aromatic nitrogens is 4. The van der Waals surface area contributed by atoms with Gasteiger partial charge >= 0.3 is 0 Å². The summed E-state index contributed by atoms with van der Waals surface area (Å²) in [7, 11) is 0. The molecule has 2 atom stereocenters. The quantitative estimate of drug-likeness (QED) is 0.126. The van der Waals surface area contributed by atoms with Crippen LogP contribution >= 0.6 is 0 Å². The summed E-state index contributed by atoms with van der Waals surface area (Å²) in [5.74, 6) is -0.501. The Balaban J connectivity index is 1.24. The summed E-state index contributed by atoms with van der Waals surface area (Å²) in [5.41, 5.74) is 8.24. The lowest BCUT2D eigenvalue weighted by Crippen LogP contribution is -2.50. The molecule has 0 amide bonds. The van der Waals surface area contributed by atoms with Crippen molar-refractivity contribution in [2.45, 2.75) is 96.5 Å². The summed E-state index contributed by atoms with van der Waals surface area (Å²) >= 11 is 0. The lowest BCUT2D eigenvalue weighted by atomic mass is 9.98. The van der Waals surface area contributed by atoms with Crippen LogP contribution in [0.1, 0.15) is 81.6 Å². The Hall–Kier alpha value is -4.21. The van der Waals surface area contributed by atoms with E-state index in [-0.39, 0.29) is 42.8 Å². The van der Waals surface area contributed by atoms with Gasteiger partial charge in [0.2, 0.25) is 11.8 Å². The highest BCUT2D eigenvalue weighted by Crippen LogP contribution is 2.39. The van der Waals surface area contributed by atoms with Gasteiger partial charge in [-0.2, -0.15) is 4.98 Å². The number of hydrogen-bond acceptors (Lipinski definition) is 11. The van der Waals surface area contributed by atoms with E-state index in [9.17, 15) is 13.2 Å². The number of nitrogens with one attached hydrogen (secondary N) is 1. The van der Waals surface area contributed by atoms with Crippen LogP contribution in [0.25, 0.3) is 22.4 Å². The highest BCUT2D eigenvalue weighted by Gasteiger charge is 2.29. The smallest absolute Gasteiger partial charge is 0.280 e. The van der Waals surface area contributed by atoms with Gasteiger partial charge < -0.3 is 29.4 Å². The first-order chi connectivity index (χ1) is 25.5. The summed E-state index contributed by atoms with van der Waals surface area (Å²) in [6.07, 6.45) is 2.59.